The normalized spacial score (nSPS) is 12.1. The predicted molar refractivity (Wildman–Crippen MR) is 59.3 cm³/mol. The van der Waals surface area contributed by atoms with Gasteiger partial charge in [0.2, 0.25) is 0 Å². The van der Waals surface area contributed by atoms with Crippen molar-refractivity contribution < 1.29 is 14.7 Å². The second-order valence-electron chi connectivity index (χ2n) is 3.97. The summed E-state index contributed by atoms with van der Waals surface area (Å²) in [6, 6.07) is 0. The number of nitrogens with one attached hydrogen (secondary N) is 2. The van der Waals surface area contributed by atoms with Crippen LogP contribution in [0.3, 0.4) is 0 Å². The molecule has 1 atom stereocenters. The van der Waals surface area contributed by atoms with E-state index in [9.17, 15) is 9.59 Å². The maximum absolute atomic E-state index is 11.6. The Balaban J connectivity index is 2.42. The largest absolute Gasteiger partial charge is 0.481 e. The molecule has 0 radical (unpaired) electrons. The molecule has 88 valence electrons. The smallest absolute Gasteiger partial charge is 0.303 e. The third kappa shape index (κ3) is 3.42. The van der Waals surface area contributed by atoms with Crippen molar-refractivity contribution in [1.29, 1.82) is 0 Å². The Morgan fingerprint density at radius 3 is 2.69 bits per heavy atom. The van der Waals surface area contributed by atoms with Crippen LogP contribution in [0, 0.1) is 12.8 Å². The lowest BCUT2D eigenvalue weighted by atomic mass is 10.1. The first-order valence-electron chi connectivity index (χ1n) is 5.14. The van der Waals surface area contributed by atoms with Gasteiger partial charge in [0.15, 0.2) is 0 Å². The highest BCUT2D eigenvalue weighted by Gasteiger charge is 2.12. The molecule has 5 nitrogen and oxygen atoms in total. The summed E-state index contributed by atoms with van der Waals surface area (Å²) in [5.74, 6) is -1.09. The summed E-state index contributed by atoms with van der Waals surface area (Å²) in [6.07, 6.45) is 3.44. The fraction of sp³-hybridized carbons (Fsp3) is 0.455. The van der Waals surface area contributed by atoms with Crippen LogP contribution in [0.4, 0.5) is 0 Å². The number of H-pyrrole nitrogens is 1. The van der Waals surface area contributed by atoms with Gasteiger partial charge in [0.1, 0.15) is 0 Å². The van der Waals surface area contributed by atoms with Gasteiger partial charge in [0.05, 0.1) is 5.56 Å². The molecule has 1 unspecified atom stereocenters. The molecule has 0 aliphatic rings. The lowest BCUT2D eigenvalue weighted by Crippen LogP contribution is -2.29. The highest BCUT2D eigenvalue weighted by molar-refractivity contribution is 5.95. The number of hydrogen-bond donors (Lipinski definition) is 3. The number of aromatic nitrogens is 1. The minimum Gasteiger partial charge on any atom is -0.481 e. The number of amides is 1. The summed E-state index contributed by atoms with van der Waals surface area (Å²) >= 11 is 0. The molecule has 0 aliphatic heterocycles. The number of hydrogen-bond acceptors (Lipinski definition) is 2. The van der Waals surface area contributed by atoms with Crippen molar-refractivity contribution in [2.24, 2.45) is 5.92 Å². The van der Waals surface area contributed by atoms with Crippen molar-refractivity contribution in [3.05, 3.63) is 23.5 Å². The van der Waals surface area contributed by atoms with Crippen molar-refractivity contribution in [1.82, 2.24) is 10.3 Å². The minimum absolute atomic E-state index is 0.0619. The van der Waals surface area contributed by atoms with Crippen molar-refractivity contribution in [3.63, 3.8) is 0 Å². The average Bonchev–Trinajstić information content (AvgIpc) is 2.60. The van der Waals surface area contributed by atoms with E-state index in [0.717, 1.165) is 5.56 Å². The molecule has 0 fully saturated rings. The SMILES string of the molecule is Cc1c[nH]cc1C(=O)NCC(C)CC(=O)O. The monoisotopic (exact) mass is 224 g/mol. The molecule has 5 heteroatoms. The van der Waals surface area contributed by atoms with E-state index in [1.165, 1.54) is 0 Å². The second kappa shape index (κ2) is 5.34. The van der Waals surface area contributed by atoms with Gasteiger partial charge in [-0.2, -0.15) is 0 Å². The molecule has 16 heavy (non-hydrogen) atoms. The first-order chi connectivity index (χ1) is 7.50. The number of aliphatic carboxylic acids is 1. The van der Waals surface area contributed by atoms with E-state index < -0.39 is 5.97 Å². The van der Waals surface area contributed by atoms with Gasteiger partial charge in [-0.05, 0) is 18.4 Å². The van der Waals surface area contributed by atoms with Crippen LogP contribution >= 0.6 is 0 Å². The van der Waals surface area contributed by atoms with Crippen molar-refractivity contribution in [2.45, 2.75) is 20.3 Å². The summed E-state index contributed by atoms with van der Waals surface area (Å²) in [5.41, 5.74) is 1.48. The lowest BCUT2D eigenvalue weighted by molar-refractivity contribution is -0.137. The molecule has 0 aromatic carbocycles. The minimum atomic E-state index is -0.848. The van der Waals surface area contributed by atoms with Crippen LogP contribution in [-0.2, 0) is 4.79 Å². The Bertz CT molecular complexity index is 384. The molecular weight excluding hydrogens is 208 g/mol. The lowest BCUT2D eigenvalue weighted by Gasteiger charge is -2.09. The van der Waals surface area contributed by atoms with Crippen LogP contribution < -0.4 is 5.32 Å². The van der Waals surface area contributed by atoms with E-state index in [2.05, 4.69) is 10.3 Å². The first kappa shape index (κ1) is 12.3. The van der Waals surface area contributed by atoms with Crippen LogP contribution in [0.15, 0.2) is 12.4 Å². The number of carbonyl (C=O) groups is 2. The Morgan fingerprint density at radius 1 is 1.50 bits per heavy atom. The highest BCUT2D eigenvalue weighted by Crippen LogP contribution is 2.06. The zero-order valence-electron chi connectivity index (χ0n) is 9.41. The number of carboxylic acid groups (broad SMARTS) is 1. The molecule has 1 rings (SSSR count). The topological polar surface area (TPSA) is 82.2 Å². The van der Waals surface area contributed by atoms with E-state index in [-0.39, 0.29) is 18.2 Å². The molecule has 0 aliphatic carbocycles. The van der Waals surface area contributed by atoms with E-state index in [1.54, 1.807) is 19.3 Å². The molecule has 1 aromatic heterocycles. The Hall–Kier alpha value is -1.78. The fourth-order valence-corrected chi connectivity index (χ4v) is 1.42. The Morgan fingerprint density at radius 2 is 2.19 bits per heavy atom. The van der Waals surface area contributed by atoms with Gasteiger partial charge in [-0.3, -0.25) is 9.59 Å². The van der Waals surface area contributed by atoms with Crippen LogP contribution in [0.25, 0.3) is 0 Å². The van der Waals surface area contributed by atoms with Gasteiger partial charge in [-0.1, -0.05) is 6.92 Å². The first-order valence-corrected chi connectivity index (χ1v) is 5.14. The molecule has 1 aromatic rings. The Kier molecular flexibility index (Phi) is 4.10. The molecule has 0 saturated carbocycles. The zero-order valence-corrected chi connectivity index (χ0v) is 9.41. The molecule has 0 saturated heterocycles. The van der Waals surface area contributed by atoms with Gasteiger partial charge in [0, 0.05) is 25.4 Å². The van der Waals surface area contributed by atoms with Crippen LogP contribution in [0.2, 0.25) is 0 Å². The van der Waals surface area contributed by atoms with Crippen LogP contribution in [0.5, 0.6) is 0 Å². The average molecular weight is 224 g/mol. The fourth-order valence-electron chi connectivity index (χ4n) is 1.42. The summed E-state index contributed by atoms with van der Waals surface area (Å²) in [5, 5.41) is 11.3. The van der Waals surface area contributed by atoms with Crippen molar-refractivity contribution in [2.75, 3.05) is 6.54 Å². The summed E-state index contributed by atoms with van der Waals surface area (Å²) < 4.78 is 0. The van der Waals surface area contributed by atoms with E-state index in [1.807, 2.05) is 6.92 Å². The zero-order chi connectivity index (χ0) is 12.1. The van der Waals surface area contributed by atoms with Crippen molar-refractivity contribution >= 4 is 11.9 Å². The van der Waals surface area contributed by atoms with E-state index in [4.69, 9.17) is 5.11 Å². The van der Waals surface area contributed by atoms with Crippen LogP contribution in [-0.4, -0.2) is 28.5 Å². The third-order valence-electron chi connectivity index (χ3n) is 2.33. The molecule has 0 spiro atoms. The van der Waals surface area contributed by atoms with Gasteiger partial charge < -0.3 is 15.4 Å². The molecule has 0 bridgehead atoms. The summed E-state index contributed by atoms with van der Waals surface area (Å²) in [6.45, 7) is 4.00. The predicted octanol–water partition coefficient (Wildman–Crippen LogP) is 1.16. The quantitative estimate of drug-likeness (QED) is 0.702. The molecule has 3 N–H and O–H groups in total. The summed E-state index contributed by atoms with van der Waals surface area (Å²) in [4.78, 5) is 24.9. The standard InChI is InChI=1S/C11H16N2O3/c1-7(3-10(14)15)4-13-11(16)9-6-12-5-8(9)2/h5-7,12H,3-4H2,1-2H3,(H,13,16)(H,14,15). The van der Waals surface area contributed by atoms with Gasteiger partial charge >= 0.3 is 5.97 Å². The van der Waals surface area contributed by atoms with Gasteiger partial charge in [-0.25, -0.2) is 0 Å². The van der Waals surface area contributed by atoms with E-state index in [0.29, 0.717) is 12.1 Å². The Labute approximate surface area is 93.9 Å². The molecule has 1 amide bonds. The summed E-state index contributed by atoms with van der Waals surface area (Å²) in [7, 11) is 0. The molecule has 1 heterocycles. The maximum Gasteiger partial charge on any atom is 0.303 e. The second-order valence-corrected chi connectivity index (χ2v) is 3.97. The molecular formula is C11H16N2O3. The maximum atomic E-state index is 11.6. The van der Waals surface area contributed by atoms with E-state index >= 15 is 0 Å². The number of aromatic amines is 1. The number of aryl methyl sites for hydroxylation is 1. The third-order valence-corrected chi connectivity index (χ3v) is 2.33. The number of carbonyl (C=O) groups excluding carboxylic acids is 1. The number of rotatable bonds is 5. The van der Waals surface area contributed by atoms with Crippen molar-refractivity contribution in [3.8, 4) is 0 Å². The number of carboxylic acids is 1. The van der Waals surface area contributed by atoms with Gasteiger partial charge in [0.25, 0.3) is 5.91 Å². The van der Waals surface area contributed by atoms with Gasteiger partial charge in [-0.15, -0.1) is 0 Å². The highest BCUT2D eigenvalue weighted by atomic mass is 16.4. The van der Waals surface area contributed by atoms with Crippen LogP contribution in [0.1, 0.15) is 29.3 Å².